The average molecular weight is 417 g/mol. The fourth-order valence-electron chi connectivity index (χ4n) is 3.51. The number of anilines is 1. The fourth-order valence-corrected chi connectivity index (χ4v) is 3.62. The highest BCUT2D eigenvalue weighted by Crippen LogP contribution is 2.46. The summed E-state index contributed by atoms with van der Waals surface area (Å²) in [5, 5.41) is 14.4. The van der Waals surface area contributed by atoms with Crippen LogP contribution in [0.15, 0.2) is 71.7 Å². The molecule has 29 heavy (non-hydrogen) atoms. The first kappa shape index (κ1) is 22.7. The second-order valence-electron chi connectivity index (χ2n) is 6.84. The lowest BCUT2D eigenvalue weighted by molar-refractivity contribution is 0.423. The maximum atomic E-state index is 13.2. The van der Waals surface area contributed by atoms with Crippen LogP contribution in [0.5, 0.6) is 0 Å². The number of benzene rings is 1. The summed E-state index contributed by atoms with van der Waals surface area (Å²) >= 11 is 4.12. The molecule has 0 bridgehead atoms. The fraction of sp³-hybridized carbons (Fsp3) is 0.286. The van der Waals surface area contributed by atoms with E-state index < -0.39 is 0 Å². The number of rotatable bonds is 11. The van der Waals surface area contributed by atoms with Crippen LogP contribution in [0.2, 0.25) is 0 Å². The van der Waals surface area contributed by atoms with E-state index in [9.17, 15) is 4.39 Å². The van der Waals surface area contributed by atoms with Crippen LogP contribution in [-0.2, 0) is 0 Å². The second kappa shape index (κ2) is 10.8. The molecule has 0 amide bonds. The van der Waals surface area contributed by atoms with Crippen LogP contribution in [0.1, 0.15) is 19.3 Å². The van der Waals surface area contributed by atoms with Crippen LogP contribution >= 0.6 is 12.8 Å². The van der Waals surface area contributed by atoms with Gasteiger partial charge in [0.05, 0.1) is 0 Å². The number of hydrogen-bond donors (Lipinski definition) is 7. The molecule has 1 aromatic rings. The third-order valence-corrected chi connectivity index (χ3v) is 5.31. The van der Waals surface area contributed by atoms with Gasteiger partial charge in [-0.3, -0.25) is 10.6 Å². The molecule has 1 aliphatic carbocycles. The Morgan fingerprint density at radius 3 is 2.66 bits per heavy atom. The molecule has 156 valence electrons. The number of nitrogens with one attached hydrogen (secondary N) is 5. The second-order valence-corrected chi connectivity index (χ2v) is 7.16. The van der Waals surface area contributed by atoms with Gasteiger partial charge >= 0.3 is 0 Å². The number of hydrogen-bond acceptors (Lipinski definition) is 7. The maximum Gasteiger partial charge on any atom is 0.123 e. The van der Waals surface area contributed by atoms with Gasteiger partial charge in [-0.05, 0) is 48.8 Å². The number of halogens is 1. The largest absolute Gasteiger partial charge is 0.390 e. The van der Waals surface area contributed by atoms with E-state index in [-0.39, 0.29) is 11.2 Å². The van der Waals surface area contributed by atoms with Crippen LogP contribution in [0.3, 0.4) is 0 Å². The molecule has 7 N–H and O–H groups in total. The molecule has 1 aliphatic rings. The normalized spacial score (nSPS) is 19.4. The highest BCUT2D eigenvalue weighted by molar-refractivity contribution is 7.78. The lowest BCUT2D eigenvalue weighted by atomic mass is 9.67. The Balaban J connectivity index is 2.45. The van der Waals surface area contributed by atoms with Gasteiger partial charge in [0.25, 0.3) is 0 Å². The van der Waals surface area contributed by atoms with Gasteiger partial charge < -0.3 is 21.5 Å². The number of allylic oxidation sites excluding steroid dienone is 4. The standard InChI is InChI=1S/C21H29FN6S/c1-3-21(12-19(25-2)14-26-24)11-15(13-23)20(10-16(21)8-9-27-29)28-18-6-4-17(22)5-7-18/h3-7,10,13-14,23,25-29H,1,8-9,11-12,24H2,2H3/b19-14-,23-13?. The molecule has 0 saturated carbocycles. The van der Waals surface area contributed by atoms with Gasteiger partial charge in [0.15, 0.2) is 0 Å². The molecule has 1 atom stereocenters. The van der Waals surface area contributed by atoms with E-state index in [1.807, 2.05) is 13.1 Å². The van der Waals surface area contributed by atoms with Gasteiger partial charge in [0.1, 0.15) is 5.82 Å². The minimum atomic E-state index is -0.378. The molecule has 0 aromatic heterocycles. The molecule has 1 unspecified atom stereocenters. The van der Waals surface area contributed by atoms with E-state index in [0.717, 1.165) is 34.6 Å². The Kier molecular flexibility index (Phi) is 8.50. The van der Waals surface area contributed by atoms with Crippen molar-refractivity contribution < 1.29 is 4.39 Å². The molecule has 0 radical (unpaired) electrons. The molecule has 6 nitrogen and oxygen atoms in total. The molecule has 0 saturated heterocycles. The quantitative estimate of drug-likeness (QED) is 0.0986. The van der Waals surface area contributed by atoms with Crippen molar-refractivity contribution in [3.8, 4) is 0 Å². The van der Waals surface area contributed by atoms with Crippen molar-refractivity contribution in [1.82, 2.24) is 15.5 Å². The monoisotopic (exact) mass is 416 g/mol. The van der Waals surface area contributed by atoms with Crippen LogP contribution in [0.4, 0.5) is 10.1 Å². The molecule has 0 fully saturated rings. The van der Waals surface area contributed by atoms with Crippen molar-refractivity contribution in [2.45, 2.75) is 19.3 Å². The van der Waals surface area contributed by atoms with Gasteiger partial charge in [0.2, 0.25) is 0 Å². The Bertz CT molecular complexity index is 815. The third kappa shape index (κ3) is 5.72. The topological polar surface area (TPSA) is 98.0 Å². The van der Waals surface area contributed by atoms with Gasteiger partial charge in [0, 0.05) is 54.9 Å². The van der Waals surface area contributed by atoms with E-state index in [0.29, 0.717) is 19.4 Å². The first-order chi connectivity index (χ1) is 14.0. The molecule has 0 spiro atoms. The van der Waals surface area contributed by atoms with Gasteiger partial charge in [-0.25, -0.2) is 4.39 Å². The van der Waals surface area contributed by atoms with Crippen LogP contribution in [0.25, 0.3) is 0 Å². The summed E-state index contributed by atoms with van der Waals surface area (Å²) in [6.07, 6.45) is 9.09. The number of nitrogens with two attached hydrogens (primary N) is 1. The van der Waals surface area contributed by atoms with Crippen molar-refractivity contribution >= 4 is 24.7 Å². The first-order valence-corrected chi connectivity index (χ1v) is 9.77. The third-order valence-electron chi connectivity index (χ3n) is 5.09. The molecule has 8 heteroatoms. The summed E-state index contributed by atoms with van der Waals surface area (Å²) in [5.41, 5.74) is 6.71. The van der Waals surface area contributed by atoms with Crippen molar-refractivity contribution in [1.29, 1.82) is 5.41 Å². The average Bonchev–Trinajstić information content (AvgIpc) is 2.74. The van der Waals surface area contributed by atoms with Crippen LogP contribution in [0, 0.1) is 16.6 Å². The summed E-state index contributed by atoms with van der Waals surface area (Å²) in [4.78, 5) is 0. The van der Waals surface area contributed by atoms with Gasteiger partial charge in [-0.1, -0.05) is 24.5 Å². The molecule has 0 heterocycles. The Hall–Kier alpha value is -2.55. The zero-order chi connectivity index (χ0) is 21.3. The van der Waals surface area contributed by atoms with E-state index in [2.05, 4.69) is 46.3 Å². The Morgan fingerprint density at radius 2 is 2.10 bits per heavy atom. The molecular formula is C21H29FN6S. The van der Waals surface area contributed by atoms with E-state index in [1.54, 1.807) is 18.3 Å². The van der Waals surface area contributed by atoms with E-state index >= 15 is 0 Å². The van der Waals surface area contributed by atoms with Crippen molar-refractivity contribution in [2.75, 3.05) is 18.9 Å². The van der Waals surface area contributed by atoms with E-state index in [1.165, 1.54) is 18.3 Å². The van der Waals surface area contributed by atoms with Crippen LogP contribution in [-0.4, -0.2) is 19.8 Å². The molecule has 1 aromatic carbocycles. The minimum Gasteiger partial charge on any atom is -0.390 e. The molecule has 0 aliphatic heterocycles. The maximum absolute atomic E-state index is 13.2. The molecule has 2 rings (SSSR count). The number of thiol groups is 1. The van der Waals surface area contributed by atoms with Crippen molar-refractivity contribution in [3.05, 3.63) is 77.6 Å². The van der Waals surface area contributed by atoms with E-state index in [4.69, 9.17) is 11.3 Å². The lowest BCUT2D eigenvalue weighted by Gasteiger charge is -2.38. The van der Waals surface area contributed by atoms with Gasteiger partial charge in [-0.15, -0.1) is 6.58 Å². The number of hydrazine groups is 1. The van der Waals surface area contributed by atoms with Crippen LogP contribution < -0.4 is 26.6 Å². The first-order valence-electron chi connectivity index (χ1n) is 9.32. The summed E-state index contributed by atoms with van der Waals surface area (Å²) in [5.74, 6) is 5.18. The Morgan fingerprint density at radius 1 is 1.38 bits per heavy atom. The summed E-state index contributed by atoms with van der Waals surface area (Å²) in [7, 11) is 1.84. The highest BCUT2D eigenvalue weighted by atomic mass is 32.1. The summed E-state index contributed by atoms with van der Waals surface area (Å²) in [6, 6.07) is 6.17. The van der Waals surface area contributed by atoms with Gasteiger partial charge in [-0.2, -0.15) is 0 Å². The molecular weight excluding hydrogens is 387 g/mol. The minimum absolute atomic E-state index is 0.290. The predicted molar refractivity (Wildman–Crippen MR) is 122 cm³/mol. The zero-order valence-electron chi connectivity index (χ0n) is 16.6. The van der Waals surface area contributed by atoms with Crippen molar-refractivity contribution in [2.24, 2.45) is 11.3 Å². The SMILES string of the molecule is C=CC1(C/C(=C/NN)NC)CC(C=N)=C(Nc2ccc(F)cc2)C=C1CCNS. The smallest absolute Gasteiger partial charge is 0.123 e. The summed E-state index contributed by atoms with van der Waals surface area (Å²) in [6.45, 7) is 4.79. The van der Waals surface area contributed by atoms with Crippen molar-refractivity contribution in [3.63, 3.8) is 0 Å². The lowest BCUT2D eigenvalue weighted by Crippen LogP contribution is -2.31. The highest BCUT2D eigenvalue weighted by Gasteiger charge is 2.36. The summed E-state index contributed by atoms with van der Waals surface area (Å²) < 4.78 is 16.1. The zero-order valence-corrected chi connectivity index (χ0v) is 17.5. The Labute approximate surface area is 177 Å². The predicted octanol–water partition coefficient (Wildman–Crippen LogP) is 3.38.